The summed E-state index contributed by atoms with van der Waals surface area (Å²) in [6.45, 7) is 6.80. The molecule has 10 heteroatoms. The fourth-order valence-electron chi connectivity index (χ4n) is 8.53. The van der Waals surface area contributed by atoms with E-state index in [0.717, 1.165) is 70.6 Å². The van der Waals surface area contributed by atoms with E-state index in [4.69, 9.17) is 13.8 Å². The topological polar surface area (TPSA) is 111 Å². The number of allylic oxidation sites excluding steroid dienone is 17. The molecule has 0 aromatic heterocycles. The van der Waals surface area contributed by atoms with E-state index in [-0.39, 0.29) is 31.5 Å². The Balaban J connectivity index is 5.23. The van der Waals surface area contributed by atoms with Crippen LogP contribution in [0.25, 0.3) is 0 Å². The maximum absolute atomic E-state index is 13.6. The Bertz CT molecular complexity index is 1690. The van der Waals surface area contributed by atoms with Gasteiger partial charge in [-0.3, -0.25) is 18.6 Å². The van der Waals surface area contributed by atoms with Crippen LogP contribution >= 0.6 is 7.82 Å². The first-order valence-corrected chi connectivity index (χ1v) is 32.8. The third-order valence-electron chi connectivity index (χ3n) is 13.4. The van der Waals surface area contributed by atoms with Gasteiger partial charge in [0.05, 0.1) is 33.8 Å². The van der Waals surface area contributed by atoms with Crippen LogP contribution < -0.4 is 5.32 Å². The predicted octanol–water partition coefficient (Wildman–Crippen LogP) is 19.3. The average molecular weight is 1090 g/mol. The molecule has 0 fully saturated rings. The van der Waals surface area contributed by atoms with E-state index in [1.807, 2.05) is 94.1 Å². The summed E-state index contributed by atoms with van der Waals surface area (Å²) in [6, 6.07) is -0.873. The molecular formula is C67H118N2O7P+. The lowest BCUT2D eigenvalue weighted by molar-refractivity contribution is -0.870. The van der Waals surface area contributed by atoms with Crippen LogP contribution in [0.5, 0.6) is 0 Å². The van der Waals surface area contributed by atoms with Gasteiger partial charge in [-0.15, -0.1) is 0 Å². The number of hydrogen-bond donors (Lipinski definition) is 2. The van der Waals surface area contributed by atoms with Crippen LogP contribution in [-0.4, -0.2) is 74.3 Å². The molecule has 0 heterocycles. The Morgan fingerprint density at radius 3 is 1.39 bits per heavy atom. The standard InChI is InChI=1S/C67H117N2O7P/c1-7-10-13-16-19-22-25-27-29-31-32-33-34-35-36-38-39-41-44-47-50-53-56-59-66(70)68-64(63-75-77(72,73)74-62-61-69(4,5)6)65(58-55-52-49-46-43-24-21-18-15-12-9-3)76-67(71)60-57-54-51-48-45-42-40-37-30-28-26-23-20-17-14-11-8-2/h11,14,17,19-20,22-23,26-30,37,40,42,45,55,58,64-65H,7-10,12-13,15-16,18,21,24-25,31-36,38-39,41,43-44,46-54,56-57,59-63H2,1-6H3,(H-,68,70,72,73)/p+1/b14-11-,20-17+,22-19-,26-23+,29-27-,30-28-,40-37+,45-42+,58-55-. The maximum atomic E-state index is 13.6. The van der Waals surface area contributed by atoms with Crippen molar-refractivity contribution < 1.29 is 37.3 Å². The van der Waals surface area contributed by atoms with Crippen molar-refractivity contribution in [2.24, 2.45) is 0 Å². The predicted molar refractivity (Wildman–Crippen MR) is 332 cm³/mol. The molecule has 2 N–H and O–H groups in total. The summed E-state index contributed by atoms with van der Waals surface area (Å²) in [5, 5.41) is 3.04. The highest BCUT2D eigenvalue weighted by Gasteiger charge is 2.30. The molecule has 3 atom stereocenters. The minimum Gasteiger partial charge on any atom is -0.456 e. The first kappa shape index (κ1) is 73.7. The molecule has 442 valence electrons. The van der Waals surface area contributed by atoms with Crippen LogP contribution in [0.15, 0.2) is 109 Å². The lowest BCUT2D eigenvalue weighted by atomic mass is 10.0. The van der Waals surface area contributed by atoms with E-state index in [1.165, 1.54) is 141 Å². The minimum atomic E-state index is -4.46. The summed E-state index contributed by atoms with van der Waals surface area (Å²) in [5.41, 5.74) is 0. The molecule has 9 nitrogen and oxygen atoms in total. The van der Waals surface area contributed by atoms with E-state index < -0.39 is 20.0 Å². The number of carbonyl (C=O) groups is 2. The normalized spacial score (nSPS) is 14.4. The number of ether oxygens (including phenoxy) is 1. The number of carbonyl (C=O) groups excluding carboxylic acids is 2. The molecule has 0 saturated carbocycles. The quantitative estimate of drug-likeness (QED) is 0.0156. The number of nitrogens with one attached hydrogen (secondary N) is 1. The molecule has 0 rings (SSSR count). The number of rotatable bonds is 55. The monoisotopic (exact) mass is 1090 g/mol. The Labute approximate surface area is 474 Å². The van der Waals surface area contributed by atoms with Crippen molar-refractivity contribution in [2.45, 2.75) is 264 Å². The van der Waals surface area contributed by atoms with Gasteiger partial charge in [-0.1, -0.05) is 265 Å². The second-order valence-corrected chi connectivity index (χ2v) is 23.5. The highest BCUT2D eigenvalue weighted by atomic mass is 31.2. The lowest BCUT2D eigenvalue weighted by Gasteiger charge is -2.27. The van der Waals surface area contributed by atoms with Crippen LogP contribution in [0.4, 0.5) is 0 Å². The first-order chi connectivity index (χ1) is 37.4. The second-order valence-electron chi connectivity index (χ2n) is 22.0. The van der Waals surface area contributed by atoms with Gasteiger partial charge in [0.2, 0.25) is 5.91 Å². The number of amides is 1. The van der Waals surface area contributed by atoms with Crippen molar-refractivity contribution in [1.29, 1.82) is 0 Å². The summed E-state index contributed by atoms with van der Waals surface area (Å²) in [7, 11) is 1.46. The molecule has 0 aliphatic carbocycles. The first-order valence-electron chi connectivity index (χ1n) is 31.3. The number of unbranched alkanes of at least 4 members (excludes halogenated alkanes) is 28. The van der Waals surface area contributed by atoms with Gasteiger partial charge < -0.3 is 19.4 Å². The van der Waals surface area contributed by atoms with Crippen LogP contribution in [0, 0.1) is 0 Å². The Morgan fingerprint density at radius 1 is 0.481 bits per heavy atom. The van der Waals surface area contributed by atoms with Crippen molar-refractivity contribution in [3.05, 3.63) is 109 Å². The SMILES string of the molecule is CC\C=C/C=C/C=C/C=C\C=C\C=C\CCCCCC(=O)OC(/C=C\CCCCCCCCCCC)C(COP(=O)(O)OCC[N+](C)(C)C)NC(=O)CCCCCCCCCCCCCCC/C=C\C/C=C\CCCCC. The van der Waals surface area contributed by atoms with Crippen molar-refractivity contribution in [1.82, 2.24) is 5.32 Å². The van der Waals surface area contributed by atoms with Crippen molar-refractivity contribution in [3.63, 3.8) is 0 Å². The number of esters is 1. The highest BCUT2D eigenvalue weighted by molar-refractivity contribution is 7.47. The number of hydrogen-bond acceptors (Lipinski definition) is 6. The van der Waals surface area contributed by atoms with Crippen LogP contribution in [-0.2, 0) is 27.9 Å². The van der Waals surface area contributed by atoms with E-state index >= 15 is 0 Å². The summed E-state index contributed by atoms with van der Waals surface area (Å²) in [5.74, 6) is -0.561. The van der Waals surface area contributed by atoms with Gasteiger partial charge in [0.25, 0.3) is 0 Å². The minimum absolute atomic E-state index is 0.0273. The zero-order valence-electron chi connectivity index (χ0n) is 50.4. The Hall–Kier alpha value is -3.33. The summed E-state index contributed by atoms with van der Waals surface area (Å²) >= 11 is 0. The molecule has 77 heavy (non-hydrogen) atoms. The molecule has 0 aliphatic rings. The summed E-state index contributed by atoms with van der Waals surface area (Å²) < 4.78 is 30.6. The molecule has 0 spiro atoms. The van der Waals surface area contributed by atoms with Gasteiger partial charge in [0.1, 0.15) is 19.3 Å². The zero-order chi connectivity index (χ0) is 56.4. The van der Waals surface area contributed by atoms with E-state index in [2.05, 4.69) is 62.5 Å². The number of phosphoric acid groups is 1. The third kappa shape index (κ3) is 57.2. The molecule has 0 aliphatic heterocycles. The molecule has 0 radical (unpaired) electrons. The van der Waals surface area contributed by atoms with Gasteiger partial charge in [-0.05, 0) is 83.1 Å². The molecule has 0 bridgehead atoms. The zero-order valence-corrected chi connectivity index (χ0v) is 51.3. The summed E-state index contributed by atoms with van der Waals surface area (Å²) in [6.07, 6.45) is 76.6. The lowest BCUT2D eigenvalue weighted by Crippen LogP contribution is -2.47. The fourth-order valence-corrected chi connectivity index (χ4v) is 9.27. The molecule has 0 aromatic carbocycles. The molecule has 1 amide bonds. The average Bonchev–Trinajstić information content (AvgIpc) is 3.39. The van der Waals surface area contributed by atoms with Crippen molar-refractivity contribution in [3.8, 4) is 0 Å². The maximum Gasteiger partial charge on any atom is 0.472 e. The van der Waals surface area contributed by atoms with Crippen molar-refractivity contribution >= 4 is 19.7 Å². The van der Waals surface area contributed by atoms with Gasteiger partial charge in [-0.25, -0.2) is 4.57 Å². The Morgan fingerprint density at radius 2 is 0.883 bits per heavy atom. The number of quaternary nitrogens is 1. The molecule has 0 saturated heterocycles. The van der Waals surface area contributed by atoms with Crippen LogP contribution in [0.3, 0.4) is 0 Å². The smallest absolute Gasteiger partial charge is 0.456 e. The van der Waals surface area contributed by atoms with Gasteiger partial charge in [0.15, 0.2) is 0 Å². The van der Waals surface area contributed by atoms with Gasteiger partial charge in [0, 0.05) is 12.8 Å². The third-order valence-corrected chi connectivity index (χ3v) is 14.3. The molecule has 3 unspecified atom stereocenters. The highest BCUT2D eigenvalue weighted by Crippen LogP contribution is 2.43. The Kier molecular flexibility index (Phi) is 53.5. The largest absolute Gasteiger partial charge is 0.472 e. The number of phosphoric ester groups is 1. The number of likely N-dealkylation sites (N-methyl/N-ethyl adjacent to an activating group) is 1. The van der Waals surface area contributed by atoms with E-state index in [9.17, 15) is 19.0 Å². The summed E-state index contributed by atoms with van der Waals surface area (Å²) in [4.78, 5) is 37.7. The van der Waals surface area contributed by atoms with Gasteiger partial charge in [-0.2, -0.15) is 0 Å². The molecular weight excluding hydrogens is 976 g/mol. The fraction of sp³-hybridized carbons (Fsp3) is 0.701. The van der Waals surface area contributed by atoms with E-state index in [0.29, 0.717) is 23.9 Å². The van der Waals surface area contributed by atoms with Crippen LogP contribution in [0.2, 0.25) is 0 Å². The second kappa shape index (κ2) is 56.0. The van der Waals surface area contributed by atoms with E-state index in [1.54, 1.807) is 0 Å². The van der Waals surface area contributed by atoms with Crippen molar-refractivity contribution in [2.75, 3.05) is 40.9 Å². The van der Waals surface area contributed by atoms with Gasteiger partial charge >= 0.3 is 13.8 Å². The number of nitrogens with zero attached hydrogens (tertiary/aromatic N) is 1. The van der Waals surface area contributed by atoms with Crippen LogP contribution in [0.1, 0.15) is 252 Å². The molecule has 0 aromatic rings.